The third-order valence-corrected chi connectivity index (χ3v) is 2.48. The van der Waals surface area contributed by atoms with Crippen LogP contribution in [0.5, 0.6) is 0 Å². The molecule has 0 spiro atoms. The third kappa shape index (κ3) is 1.57. The van der Waals surface area contributed by atoms with Crippen LogP contribution in [-0.4, -0.2) is 18.1 Å². The smallest absolute Gasteiger partial charge is 0.354 e. The largest absolute Gasteiger partial charge is 0.464 e. The standard InChI is InChI=1S/C10H7ClFNO2/c1-15-10(14)8-4-5-7(13-8)3-2-6(12)9(5)11/h2-4,13H,1H3. The summed E-state index contributed by atoms with van der Waals surface area (Å²) in [5, 5.41) is 0.468. The molecule has 0 bridgehead atoms. The Bertz CT molecular complexity index is 535. The second-order valence-electron chi connectivity index (χ2n) is 3.00. The highest BCUT2D eigenvalue weighted by Crippen LogP contribution is 2.27. The molecule has 0 atom stereocenters. The van der Waals surface area contributed by atoms with Gasteiger partial charge in [-0.05, 0) is 18.2 Å². The van der Waals surface area contributed by atoms with Crippen LogP contribution in [0.3, 0.4) is 0 Å². The number of aromatic amines is 1. The monoisotopic (exact) mass is 227 g/mol. The molecule has 0 aliphatic rings. The Kier molecular flexibility index (Phi) is 2.36. The fourth-order valence-electron chi connectivity index (χ4n) is 1.36. The summed E-state index contributed by atoms with van der Waals surface area (Å²) in [7, 11) is 1.27. The number of ether oxygens (including phenoxy) is 1. The average Bonchev–Trinajstić information content (AvgIpc) is 2.67. The maximum absolute atomic E-state index is 13.1. The fourth-order valence-corrected chi connectivity index (χ4v) is 1.58. The maximum Gasteiger partial charge on any atom is 0.354 e. The van der Waals surface area contributed by atoms with Crippen LogP contribution in [0.4, 0.5) is 4.39 Å². The van der Waals surface area contributed by atoms with Crippen molar-refractivity contribution in [3.63, 3.8) is 0 Å². The van der Waals surface area contributed by atoms with E-state index < -0.39 is 11.8 Å². The molecular weight excluding hydrogens is 221 g/mol. The lowest BCUT2D eigenvalue weighted by molar-refractivity contribution is 0.0595. The summed E-state index contributed by atoms with van der Waals surface area (Å²) in [6.45, 7) is 0. The highest BCUT2D eigenvalue weighted by molar-refractivity contribution is 6.35. The molecule has 1 aromatic carbocycles. The normalized spacial score (nSPS) is 10.6. The number of aromatic nitrogens is 1. The van der Waals surface area contributed by atoms with Gasteiger partial charge in [0.1, 0.15) is 11.5 Å². The van der Waals surface area contributed by atoms with Crippen LogP contribution in [0, 0.1) is 5.82 Å². The molecule has 0 saturated carbocycles. The first-order valence-corrected chi connectivity index (χ1v) is 4.56. The predicted molar refractivity (Wildman–Crippen MR) is 54.6 cm³/mol. The topological polar surface area (TPSA) is 42.1 Å². The molecule has 0 aliphatic heterocycles. The Hall–Kier alpha value is -1.55. The van der Waals surface area contributed by atoms with Gasteiger partial charge in [-0.15, -0.1) is 0 Å². The number of benzene rings is 1. The molecule has 2 aromatic rings. The van der Waals surface area contributed by atoms with Crippen LogP contribution in [0.25, 0.3) is 10.9 Å². The van der Waals surface area contributed by atoms with Crippen molar-refractivity contribution in [2.24, 2.45) is 0 Å². The number of fused-ring (bicyclic) bond motifs is 1. The zero-order valence-corrected chi connectivity index (χ0v) is 8.56. The van der Waals surface area contributed by atoms with Crippen LogP contribution in [0.1, 0.15) is 10.5 Å². The van der Waals surface area contributed by atoms with Gasteiger partial charge in [0.05, 0.1) is 12.1 Å². The van der Waals surface area contributed by atoms with Gasteiger partial charge in [0, 0.05) is 10.9 Å². The molecule has 0 radical (unpaired) electrons. The van der Waals surface area contributed by atoms with Crippen molar-refractivity contribution in [3.8, 4) is 0 Å². The molecule has 5 heteroatoms. The summed E-state index contributed by atoms with van der Waals surface area (Å²) in [4.78, 5) is 14.0. The molecular formula is C10H7ClFNO2. The predicted octanol–water partition coefficient (Wildman–Crippen LogP) is 2.75. The van der Waals surface area contributed by atoms with Crippen LogP contribution >= 0.6 is 11.6 Å². The lowest BCUT2D eigenvalue weighted by atomic mass is 10.2. The zero-order valence-electron chi connectivity index (χ0n) is 7.80. The number of esters is 1. The van der Waals surface area contributed by atoms with Crippen molar-refractivity contribution in [1.82, 2.24) is 4.98 Å². The molecule has 78 valence electrons. The molecule has 0 amide bonds. The molecule has 1 N–H and O–H groups in total. The van der Waals surface area contributed by atoms with Crippen LogP contribution < -0.4 is 0 Å². The van der Waals surface area contributed by atoms with E-state index in [1.807, 2.05) is 0 Å². The van der Waals surface area contributed by atoms with Crippen molar-refractivity contribution in [3.05, 3.63) is 34.7 Å². The molecule has 0 unspecified atom stereocenters. The van der Waals surface area contributed by atoms with Crippen molar-refractivity contribution >= 4 is 28.5 Å². The van der Waals surface area contributed by atoms with E-state index in [-0.39, 0.29) is 10.7 Å². The molecule has 15 heavy (non-hydrogen) atoms. The minimum atomic E-state index is -0.514. The highest BCUT2D eigenvalue weighted by atomic mass is 35.5. The summed E-state index contributed by atoms with van der Waals surface area (Å²) < 4.78 is 17.6. The van der Waals surface area contributed by atoms with Gasteiger partial charge in [-0.1, -0.05) is 11.6 Å². The van der Waals surface area contributed by atoms with E-state index in [2.05, 4.69) is 9.72 Å². The van der Waals surface area contributed by atoms with E-state index in [1.165, 1.54) is 25.3 Å². The number of carbonyl (C=O) groups excluding carboxylic acids is 1. The van der Waals surface area contributed by atoms with Gasteiger partial charge in [-0.25, -0.2) is 9.18 Å². The van der Waals surface area contributed by atoms with Gasteiger partial charge in [0.2, 0.25) is 0 Å². The first-order valence-electron chi connectivity index (χ1n) is 4.18. The second-order valence-corrected chi connectivity index (χ2v) is 3.38. The number of carbonyl (C=O) groups is 1. The number of rotatable bonds is 1. The molecule has 0 fully saturated rings. The average molecular weight is 228 g/mol. The maximum atomic E-state index is 13.1. The SMILES string of the molecule is COC(=O)c1cc2c(Cl)c(F)ccc2[nH]1. The fraction of sp³-hybridized carbons (Fsp3) is 0.100. The molecule has 3 nitrogen and oxygen atoms in total. The summed E-state index contributed by atoms with van der Waals surface area (Å²) in [6, 6.07) is 4.22. The van der Waals surface area contributed by atoms with Crippen molar-refractivity contribution in [2.75, 3.05) is 7.11 Å². The summed E-state index contributed by atoms with van der Waals surface area (Å²) in [5.74, 6) is -1.03. The lowest BCUT2D eigenvalue weighted by Crippen LogP contribution is -2.00. The van der Waals surface area contributed by atoms with E-state index >= 15 is 0 Å². The molecule has 1 heterocycles. The summed E-state index contributed by atoms with van der Waals surface area (Å²) >= 11 is 5.74. The lowest BCUT2D eigenvalue weighted by Gasteiger charge is -1.93. The number of H-pyrrole nitrogens is 1. The first kappa shape index (κ1) is 9.98. The van der Waals surface area contributed by atoms with Crippen LogP contribution in [0.15, 0.2) is 18.2 Å². The summed E-state index contributed by atoms with van der Waals surface area (Å²) in [5.41, 5.74) is 0.849. The quantitative estimate of drug-likeness (QED) is 0.762. The Morgan fingerprint density at radius 2 is 2.27 bits per heavy atom. The van der Waals surface area contributed by atoms with E-state index in [0.717, 1.165) is 0 Å². The van der Waals surface area contributed by atoms with Crippen molar-refractivity contribution in [2.45, 2.75) is 0 Å². The van der Waals surface area contributed by atoms with Gasteiger partial charge < -0.3 is 9.72 Å². The second kappa shape index (κ2) is 3.55. The number of methoxy groups -OCH3 is 1. The van der Waals surface area contributed by atoms with Gasteiger partial charge >= 0.3 is 5.97 Å². The van der Waals surface area contributed by atoms with E-state index in [9.17, 15) is 9.18 Å². The zero-order chi connectivity index (χ0) is 11.0. The Morgan fingerprint density at radius 3 is 2.93 bits per heavy atom. The Labute approximate surface area is 89.8 Å². The van der Waals surface area contributed by atoms with E-state index in [1.54, 1.807) is 0 Å². The number of halogens is 2. The molecule has 2 rings (SSSR count). The van der Waals surface area contributed by atoms with Gasteiger partial charge in [-0.3, -0.25) is 0 Å². The minimum Gasteiger partial charge on any atom is -0.464 e. The van der Waals surface area contributed by atoms with Crippen molar-refractivity contribution < 1.29 is 13.9 Å². The number of hydrogen-bond donors (Lipinski definition) is 1. The molecule has 1 aromatic heterocycles. The van der Waals surface area contributed by atoms with Gasteiger partial charge in [-0.2, -0.15) is 0 Å². The molecule has 0 aliphatic carbocycles. The third-order valence-electron chi connectivity index (χ3n) is 2.10. The van der Waals surface area contributed by atoms with Crippen LogP contribution in [0.2, 0.25) is 5.02 Å². The first-order chi connectivity index (χ1) is 7.13. The number of hydrogen-bond acceptors (Lipinski definition) is 2. The Morgan fingerprint density at radius 1 is 1.53 bits per heavy atom. The van der Waals surface area contributed by atoms with Crippen molar-refractivity contribution in [1.29, 1.82) is 0 Å². The number of nitrogens with one attached hydrogen (secondary N) is 1. The summed E-state index contributed by atoms with van der Waals surface area (Å²) in [6.07, 6.45) is 0. The van der Waals surface area contributed by atoms with E-state index in [4.69, 9.17) is 11.6 Å². The Balaban J connectivity index is 2.66. The van der Waals surface area contributed by atoms with Crippen LogP contribution in [-0.2, 0) is 4.74 Å². The highest BCUT2D eigenvalue weighted by Gasteiger charge is 2.13. The molecule has 0 saturated heterocycles. The minimum absolute atomic E-state index is 0.00102. The van der Waals surface area contributed by atoms with Gasteiger partial charge in [0.25, 0.3) is 0 Å². The van der Waals surface area contributed by atoms with E-state index in [0.29, 0.717) is 10.9 Å². The van der Waals surface area contributed by atoms with Gasteiger partial charge in [0.15, 0.2) is 0 Å².